The molecular weight excluding hydrogens is 1160 g/mol. The van der Waals surface area contributed by atoms with E-state index in [1.807, 2.05) is 0 Å². The van der Waals surface area contributed by atoms with Gasteiger partial charge < -0.3 is 47.5 Å². The van der Waals surface area contributed by atoms with Gasteiger partial charge in [0.1, 0.15) is 55.7 Å². The SMILES string of the molecule is C=CCO[C@H]1O[C@H](COC(=O)OCC(Cl)(Cl)Cl)[C@@H](OP(=O)(Oc2ccccc2)Oc2ccccc2)[C@H](OC(=O)C[C@@H](CCCCCCCCCCC)OC(=O)CCCCCCCCCCCCC)[C@H]1NC(=O)OCC(Cl)(Cl)Cl. The molecule has 0 aromatic heterocycles. The van der Waals surface area contributed by atoms with Gasteiger partial charge in [-0.3, -0.25) is 14.1 Å². The Kier molecular flexibility index (Phi) is 35.2. The van der Waals surface area contributed by atoms with Crippen LogP contribution in [0.25, 0.3) is 0 Å². The van der Waals surface area contributed by atoms with Gasteiger partial charge in [-0.05, 0) is 43.5 Å². The molecule has 442 valence electrons. The Labute approximate surface area is 491 Å². The normalized spacial score (nSPS) is 18.0. The summed E-state index contributed by atoms with van der Waals surface area (Å²) in [6.45, 7) is 5.61. The number of ether oxygens (including phenoxy) is 7. The molecule has 0 saturated carbocycles. The summed E-state index contributed by atoms with van der Waals surface area (Å²) in [5.74, 6) is -1.36. The number of amides is 1. The molecule has 0 unspecified atom stereocenters. The standard InChI is InChI=1S/C55H80Cl6NO15P/c1-4-7-9-11-13-15-16-18-20-22-30-36-46(63)72-44(35-25-21-19-17-14-12-10-8-5-2)38-47(64)74-50-48(62-52(65)70-40-54(56,57)58)51(68-37-6-3)73-45(39-69-53(66)71-41-55(59,60)61)49(50)77-78(67,75-42-31-26-23-27-32-42)76-43-33-28-24-29-34-43/h6,23-24,26-29,31-34,44-45,48-51H,3-5,7-22,25,30,35-41H2,1-2H3,(H,62,65)/t44-,45-,48-,49-,50-,51+/m1/s1. The number of hydrogen-bond donors (Lipinski definition) is 1. The zero-order chi connectivity index (χ0) is 57.1. The molecule has 1 aliphatic rings. The fourth-order valence-electron chi connectivity index (χ4n) is 8.30. The van der Waals surface area contributed by atoms with E-state index in [1.54, 1.807) is 36.4 Å². The Morgan fingerprint density at radius 2 is 1.14 bits per heavy atom. The van der Waals surface area contributed by atoms with Crippen molar-refractivity contribution in [3.8, 4) is 11.5 Å². The van der Waals surface area contributed by atoms with E-state index in [2.05, 4.69) is 25.7 Å². The van der Waals surface area contributed by atoms with E-state index in [9.17, 15) is 19.2 Å². The van der Waals surface area contributed by atoms with Gasteiger partial charge in [-0.2, -0.15) is 0 Å². The number of para-hydroxylation sites is 2. The van der Waals surface area contributed by atoms with Crippen LogP contribution in [0, 0.1) is 0 Å². The van der Waals surface area contributed by atoms with E-state index in [1.165, 1.54) is 81.7 Å². The van der Waals surface area contributed by atoms with E-state index in [0.717, 1.165) is 64.2 Å². The summed E-state index contributed by atoms with van der Waals surface area (Å²) < 4.78 is 69.6. The van der Waals surface area contributed by atoms with Crippen LogP contribution in [0.1, 0.15) is 162 Å². The number of alkyl halides is 6. The first-order chi connectivity index (χ1) is 37.3. The molecule has 2 aromatic rings. The highest BCUT2D eigenvalue weighted by atomic mass is 35.6. The fourth-order valence-corrected chi connectivity index (χ4v) is 10.1. The highest BCUT2D eigenvalue weighted by Crippen LogP contribution is 2.52. The highest BCUT2D eigenvalue weighted by molar-refractivity contribution is 7.49. The summed E-state index contributed by atoms with van der Waals surface area (Å²) in [5.41, 5.74) is 0. The van der Waals surface area contributed by atoms with Gasteiger partial charge in [-0.15, -0.1) is 6.58 Å². The maximum atomic E-state index is 15.2. The molecule has 1 fully saturated rings. The molecular formula is C55H80Cl6NO15P. The number of carbonyl (C=O) groups is 4. The summed E-state index contributed by atoms with van der Waals surface area (Å²) in [6, 6.07) is 14.1. The number of benzene rings is 2. The summed E-state index contributed by atoms with van der Waals surface area (Å²) >= 11 is 35.2. The van der Waals surface area contributed by atoms with Crippen LogP contribution in [0.2, 0.25) is 0 Å². The van der Waals surface area contributed by atoms with Crippen LogP contribution in [0.5, 0.6) is 11.5 Å². The summed E-state index contributed by atoms with van der Waals surface area (Å²) in [7, 11) is -4.99. The predicted octanol–water partition coefficient (Wildman–Crippen LogP) is 16.4. The number of unbranched alkanes of at least 4 members (excludes halogenated alkanes) is 18. The molecule has 1 heterocycles. The second-order valence-corrected chi connectivity index (χ2v) is 25.5. The van der Waals surface area contributed by atoms with E-state index in [4.69, 9.17) is 116 Å². The summed E-state index contributed by atoms with van der Waals surface area (Å²) in [6.07, 6.45) is 12.5. The lowest BCUT2D eigenvalue weighted by molar-refractivity contribution is -0.268. The number of nitrogens with one attached hydrogen (secondary N) is 1. The number of alkyl carbamates (subject to hydrolysis) is 1. The summed E-state index contributed by atoms with van der Waals surface area (Å²) in [4.78, 5) is 54.7. The van der Waals surface area contributed by atoms with Crippen LogP contribution in [0.4, 0.5) is 9.59 Å². The van der Waals surface area contributed by atoms with E-state index < -0.39 is 103 Å². The van der Waals surface area contributed by atoms with Gasteiger partial charge in [-0.1, -0.05) is 242 Å². The molecule has 1 N–H and O–H groups in total. The van der Waals surface area contributed by atoms with Crippen molar-refractivity contribution in [2.45, 2.75) is 206 Å². The molecule has 0 bridgehead atoms. The monoisotopic (exact) mass is 1240 g/mol. The smallest absolute Gasteiger partial charge is 0.462 e. The molecule has 0 radical (unpaired) electrons. The minimum atomic E-state index is -4.99. The predicted molar refractivity (Wildman–Crippen MR) is 305 cm³/mol. The van der Waals surface area contributed by atoms with Crippen LogP contribution in [0.15, 0.2) is 73.3 Å². The molecule has 1 saturated heterocycles. The third kappa shape index (κ3) is 31.9. The Morgan fingerprint density at radius 1 is 0.654 bits per heavy atom. The van der Waals surface area contributed by atoms with Gasteiger partial charge in [-0.25, -0.2) is 14.2 Å². The molecule has 1 amide bonds. The lowest BCUT2D eigenvalue weighted by Gasteiger charge is -2.45. The van der Waals surface area contributed by atoms with Crippen molar-refractivity contribution in [2.75, 3.05) is 26.4 Å². The number of phosphoric acid groups is 1. The van der Waals surface area contributed by atoms with Crippen molar-refractivity contribution in [1.29, 1.82) is 0 Å². The second-order valence-electron chi connectivity index (χ2n) is 19.0. The van der Waals surface area contributed by atoms with Crippen LogP contribution >= 0.6 is 77.4 Å². The van der Waals surface area contributed by atoms with Gasteiger partial charge in [0.15, 0.2) is 12.4 Å². The molecule has 16 nitrogen and oxygen atoms in total. The molecule has 6 atom stereocenters. The average molecular weight is 1240 g/mol. The maximum Gasteiger partial charge on any atom is 0.588 e. The zero-order valence-corrected chi connectivity index (χ0v) is 50.4. The van der Waals surface area contributed by atoms with Crippen molar-refractivity contribution < 1.29 is 70.5 Å². The molecule has 2 aromatic carbocycles. The number of rotatable bonds is 40. The third-order valence-corrected chi connectivity index (χ3v) is 14.2. The van der Waals surface area contributed by atoms with Gasteiger partial charge >= 0.3 is 32.0 Å². The lowest BCUT2D eigenvalue weighted by Crippen LogP contribution is -2.66. The Morgan fingerprint density at radius 3 is 1.64 bits per heavy atom. The number of halogens is 6. The third-order valence-electron chi connectivity index (χ3n) is 12.1. The first kappa shape index (κ1) is 69.4. The van der Waals surface area contributed by atoms with Crippen molar-refractivity contribution in [3.05, 3.63) is 73.3 Å². The van der Waals surface area contributed by atoms with Crippen LogP contribution in [0.3, 0.4) is 0 Å². The van der Waals surface area contributed by atoms with E-state index >= 15 is 4.57 Å². The highest BCUT2D eigenvalue weighted by Gasteiger charge is 2.55. The average Bonchev–Trinajstić information content (AvgIpc) is 3.51. The lowest BCUT2D eigenvalue weighted by atomic mass is 9.96. The van der Waals surface area contributed by atoms with Crippen LogP contribution < -0.4 is 14.4 Å². The number of hydrogen-bond acceptors (Lipinski definition) is 15. The van der Waals surface area contributed by atoms with Crippen molar-refractivity contribution >= 4 is 102 Å². The molecule has 1 aliphatic heterocycles. The van der Waals surface area contributed by atoms with Gasteiger partial charge in [0.05, 0.1) is 13.0 Å². The number of phosphoric ester groups is 1. The zero-order valence-electron chi connectivity index (χ0n) is 45.0. The van der Waals surface area contributed by atoms with Crippen molar-refractivity contribution in [1.82, 2.24) is 5.32 Å². The molecule has 23 heteroatoms. The largest absolute Gasteiger partial charge is 0.588 e. The van der Waals surface area contributed by atoms with Crippen molar-refractivity contribution in [3.63, 3.8) is 0 Å². The molecule has 0 spiro atoms. The first-order valence-electron chi connectivity index (χ1n) is 27.2. The quantitative estimate of drug-likeness (QED) is 0.0165. The van der Waals surface area contributed by atoms with E-state index in [0.29, 0.717) is 19.3 Å². The molecule has 78 heavy (non-hydrogen) atoms. The molecule has 0 aliphatic carbocycles. The summed E-state index contributed by atoms with van der Waals surface area (Å²) in [5, 5.41) is 2.54. The van der Waals surface area contributed by atoms with Gasteiger partial charge in [0, 0.05) is 6.42 Å². The Balaban J connectivity index is 2.04. The van der Waals surface area contributed by atoms with Crippen molar-refractivity contribution in [2.24, 2.45) is 0 Å². The topological polar surface area (TPSA) is 190 Å². The van der Waals surface area contributed by atoms with Crippen LogP contribution in [-0.4, -0.2) is 94.9 Å². The minimum absolute atomic E-state index is 0.0246. The van der Waals surface area contributed by atoms with E-state index in [-0.39, 0.29) is 24.5 Å². The van der Waals surface area contributed by atoms with Gasteiger partial charge in [0.2, 0.25) is 7.59 Å². The Bertz CT molecular complexity index is 1990. The fraction of sp³-hybridized carbons (Fsp3) is 0.673. The minimum Gasteiger partial charge on any atom is -0.462 e. The maximum absolute atomic E-state index is 15.2. The number of carbonyl (C=O) groups excluding carboxylic acids is 4. The first-order valence-corrected chi connectivity index (χ1v) is 31.0. The molecule has 3 rings (SSSR count). The Hall–Kier alpha value is -2.89. The number of esters is 2. The van der Waals surface area contributed by atoms with Crippen LogP contribution in [-0.2, 0) is 51.8 Å². The second kappa shape index (κ2) is 39.5. The van der Waals surface area contributed by atoms with Gasteiger partial charge in [0.25, 0.3) is 0 Å².